The zero-order chi connectivity index (χ0) is 24.0. The fourth-order valence-corrected chi connectivity index (χ4v) is 5.77. The van der Waals surface area contributed by atoms with Gasteiger partial charge in [-0.25, -0.2) is 4.98 Å². The van der Waals surface area contributed by atoms with Crippen molar-refractivity contribution in [2.75, 3.05) is 39.1 Å². The summed E-state index contributed by atoms with van der Waals surface area (Å²) in [6, 6.07) is 11.8. The van der Waals surface area contributed by atoms with Crippen molar-refractivity contribution in [1.29, 1.82) is 0 Å². The molecule has 3 heterocycles. The Bertz CT molecular complexity index is 1070. The molecule has 0 radical (unpaired) electrons. The molecule has 0 spiro atoms. The SMILES string of the molecule is COc1ccc2ncc(C)c(C(O)CCC3(CO)CCN(CCSc4ccccn4)CC3)c2c1. The lowest BCUT2D eigenvalue weighted by Gasteiger charge is -2.41. The molecule has 6 nitrogen and oxygen atoms in total. The highest BCUT2D eigenvalue weighted by molar-refractivity contribution is 7.99. The van der Waals surface area contributed by atoms with Gasteiger partial charge in [-0.15, -0.1) is 11.8 Å². The molecule has 1 atom stereocenters. The van der Waals surface area contributed by atoms with E-state index < -0.39 is 6.10 Å². The Morgan fingerprint density at radius 1 is 1.18 bits per heavy atom. The summed E-state index contributed by atoms with van der Waals surface area (Å²) in [5.74, 6) is 1.77. The van der Waals surface area contributed by atoms with Crippen molar-refractivity contribution < 1.29 is 14.9 Å². The number of aryl methyl sites for hydroxylation is 1. The molecule has 1 aromatic carbocycles. The minimum absolute atomic E-state index is 0.125. The first kappa shape index (κ1) is 24.9. The summed E-state index contributed by atoms with van der Waals surface area (Å²) in [5.41, 5.74) is 2.63. The zero-order valence-electron chi connectivity index (χ0n) is 20.1. The van der Waals surface area contributed by atoms with Gasteiger partial charge in [0.05, 0.1) is 23.8 Å². The Labute approximate surface area is 206 Å². The summed E-state index contributed by atoms with van der Waals surface area (Å²) >= 11 is 1.79. The third-order valence-electron chi connectivity index (χ3n) is 7.14. The molecule has 3 aromatic rings. The first-order chi connectivity index (χ1) is 16.5. The van der Waals surface area contributed by atoms with Gasteiger partial charge in [-0.05, 0) is 92.6 Å². The van der Waals surface area contributed by atoms with Crippen LogP contribution in [-0.4, -0.2) is 64.2 Å². The number of pyridine rings is 2. The Balaban J connectivity index is 1.34. The molecule has 34 heavy (non-hydrogen) atoms. The molecule has 1 saturated heterocycles. The van der Waals surface area contributed by atoms with E-state index in [1.807, 2.05) is 55.7 Å². The molecule has 4 rings (SSSR count). The maximum absolute atomic E-state index is 11.2. The predicted molar refractivity (Wildman–Crippen MR) is 137 cm³/mol. The van der Waals surface area contributed by atoms with Gasteiger partial charge in [0.25, 0.3) is 0 Å². The van der Waals surface area contributed by atoms with Gasteiger partial charge in [0, 0.05) is 36.7 Å². The van der Waals surface area contributed by atoms with Crippen molar-refractivity contribution in [3.8, 4) is 5.75 Å². The van der Waals surface area contributed by atoms with E-state index in [1.165, 1.54) is 0 Å². The summed E-state index contributed by atoms with van der Waals surface area (Å²) in [7, 11) is 1.65. The summed E-state index contributed by atoms with van der Waals surface area (Å²) in [5, 5.41) is 23.5. The second kappa shape index (κ2) is 11.5. The second-order valence-electron chi connectivity index (χ2n) is 9.31. The number of hydrogen-bond acceptors (Lipinski definition) is 7. The molecule has 1 unspecified atom stereocenters. The van der Waals surface area contributed by atoms with Gasteiger partial charge in [-0.1, -0.05) is 6.07 Å². The summed E-state index contributed by atoms with van der Waals surface area (Å²) in [4.78, 5) is 11.4. The van der Waals surface area contributed by atoms with Crippen molar-refractivity contribution in [3.63, 3.8) is 0 Å². The van der Waals surface area contributed by atoms with Gasteiger partial charge in [0.1, 0.15) is 5.75 Å². The number of likely N-dealkylation sites (tertiary alicyclic amines) is 1. The minimum atomic E-state index is -0.603. The highest BCUT2D eigenvalue weighted by atomic mass is 32.2. The number of aliphatic hydroxyl groups excluding tert-OH is 2. The lowest BCUT2D eigenvalue weighted by atomic mass is 9.74. The molecule has 0 aliphatic carbocycles. The number of hydrogen-bond donors (Lipinski definition) is 2. The third kappa shape index (κ3) is 5.89. The van der Waals surface area contributed by atoms with E-state index in [-0.39, 0.29) is 12.0 Å². The quantitative estimate of drug-likeness (QED) is 0.409. The van der Waals surface area contributed by atoms with E-state index in [0.29, 0.717) is 6.42 Å². The average Bonchev–Trinajstić information content (AvgIpc) is 2.88. The van der Waals surface area contributed by atoms with E-state index in [2.05, 4.69) is 14.9 Å². The Hall–Kier alpha value is -2.19. The standard InChI is InChI=1S/C27H35N3O3S/c1-20-18-29-23-7-6-21(33-2)17-22(23)26(20)24(32)8-9-27(19-31)10-13-30(14-11-27)15-16-34-25-5-3-4-12-28-25/h3-7,12,17-18,24,31-32H,8-11,13-16,19H2,1-2H3. The number of methoxy groups -OCH3 is 1. The molecule has 1 fully saturated rings. The normalized spacial score (nSPS) is 17.1. The Morgan fingerprint density at radius 2 is 2.00 bits per heavy atom. The van der Waals surface area contributed by atoms with Crippen LogP contribution in [-0.2, 0) is 0 Å². The summed E-state index contributed by atoms with van der Waals surface area (Å²) < 4.78 is 5.40. The fourth-order valence-electron chi connectivity index (χ4n) is 4.90. The lowest BCUT2D eigenvalue weighted by molar-refractivity contribution is 0.0254. The molecule has 1 aliphatic rings. The number of benzene rings is 1. The van der Waals surface area contributed by atoms with Crippen LogP contribution in [0.4, 0.5) is 0 Å². The Morgan fingerprint density at radius 3 is 2.71 bits per heavy atom. The zero-order valence-corrected chi connectivity index (χ0v) is 20.9. The van der Waals surface area contributed by atoms with Crippen molar-refractivity contribution in [2.45, 2.75) is 43.7 Å². The third-order valence-corrected chi connectivity index (χ3v) is 8.07. The highest BCUT2D eigenvalue weighted by Gasteiger charge is 2.34. The number of nitrogens with zero attached hydrogens (tertiary/aromatic N) is 3. The fraction of sp³-hybridized carbons (Fsp3) is 0.481. The first-order valence-electron chi connectivity index (χ1n) is 12.0. The maximum atomic E-state index is 11.2. The van der Waals surface area contributed by atoms with Crippen LogP contribution in [0.1, 0.15) is 42.9 Å². The first-order valence-corrected chi connectivity index (χ1v) is 13.0. The summed E-state index contributed by atoms with van der Waals surface area (Å²) in [6.07, 6.45) is 6.38. The molecule has 182 valence electrons. The molecule has 7 heteroatoms. The van der Waals surface area contributed by atoms with Crippen LogP contribution in [0.2, 0.25) is 0 Å². The van der Waals surface area contributed by atoms with Crippen molar-refractivity contribution in [2.24, 2.45) is 5.41 Å². The van der Waals surface area contributed by atoms with E-state index in [4.69, 9.17) is 4.74 Å². The molecular weight excluding hydrogens is 446 g/mol. The van der Waals surface area contributed by atoms with Crippen LogP contribution < -0.4 is 4.74 Å². The van der Waals surface area contributed by atoms with Gasteiger partial charge < -0.3 is 19.8 Å². The van der Waals surface area contributed by atoms with Gasteiger partial charge in [-0.2, -0.15) is 0 Å². The van der Waals surface area contributed by atoms with Gasteiger partial charge in [0.2, 0.25) is 0 Å². The molecule has 0 saturated carbocycles. The molecular formula is C27H35N3O3S. The molecule has 0 bridgehead atoms. The van der Waals surface area contributed by atoms with Crippen LogP contribution in [0, 0.1) is 12.3 Å². The summed E-state index contributed by atoms with van der Waals surface area (Å²) in [6.45, 7) is 5.14. The number of rotatable bonds is 10. The molecule has 1 aliphatic heterocycles. The maximum Gasteiger partial charge on any atom is 0.119 e. The number of aliphatic hydroxyl groups is 2. The van der Waals surface area contributed by atoms with E-state index in [9.17, 15) is 10.2 Å². The average molecular weight is 482 g/mol. The monoisotopic (exact) mass is 481 g/mol. The largest absolute Gasteiger partial charge is 0.497 e. The van der Waals surface area contributed by atoms with Crippen LogP contribution in [0.15, 0.2) is 53.8 Å². The molecule has 2 aromatic heterocycles. The van der Waals surface area contributed by atoms with E-state index in [1.54, 1.807) is 18.9 Å². The van der Waals surface area contributed by atoms with Crippen LogP contribution in [0.25, 0.3) is 10.9 Å². The topological polar surface area (TPSA) is 78.7 Å². The number of ether oxygens (including phenoxy) is 1. The van der Waals surface area contributed by atoms with Crippen molar-refractivity contribution in [1.82, 2.24) is 14.9 Å². The lowest BCUT2D eigenvalue weighted by Crippen LogP contribution is -2.43. The molecule has 0 amide bonds. The second-order valence-corrected chi connectivity index (χ2v) is 10.4. The van der Waals surface area contributed by atoms with Crippen molar-refractivity contribution in [3.05, 3.63) is 59.9 Å². The van der Waals surface area contributed by atoms with Gasteiger partial charge >= 0.3 is 0 Å². The van der Waals surface area contributed by atoms with Gasteiger partial charge in [-0.3, -0.25) is 4.98 Å². The highest BCUT2D eigenvalue weighted by Crippen LogP contribution is 2.39. The van der Waals surface area contributed by atoms with Gasteiger partial charge in [0.15, 0.2) is 0 Å². The molecule has 2 N–H and O–H groups in total. The smallest absolute Gasteiger partial charge is 0.119 e. The van der Waals surface area contributed by atoms with E-state index >= 15 is 0 Å². The van der Waals surface area contributed by atoms with Crippen molar-refractivity contribution >= 4 is 22.7 Å². The Kier molecular flexibility index (Phi) is 8.42. The minimum Gasteiger partial charge on any atom is -0.497 e. The van der Waals surface area contributed by atoms with Crippen LogP contribution in [0.3, 0.4) is 0 Å². The number of fused-ring (bicyclic) bond motifs is 1. The number of thioether (sulfide) groups is 1. The number of piperidine rings is 1. The number of aromatic nitrogens is 2. The predicted octanol–water partition coefficient (Wildman–Crippen LogP) is 4.63. The van der Waals surface area contributed by atoms with Crippen LogP contribution >= 0.6 is 11.8 Å². The van der Waals surface area contributed by atoms with Crippen LogP contribution in [0.5, 0.6) is 5.75 Å². The van der Waals surface area contributed by atoms with E-state index in [0.717, 1.165) is 77.5 Å².